The third-order valence-electron chi connectivity index (χ3n) is 2.97. The number of H-pyrrole nitrogens is 1. The molecule has 1 aromatic heterocycles. The number of ether oxygens (including phenoxy) is 1. The SMILES string of the molecule is CCOc1ccc(Cl)cc1-c1n[nH]c2ccccc12. The molecule has 0 radical (unpaired) electrons. The van der Waals surface area contributed by atoms with E-state index in [-0.39, 0.29) is 0 Å². The highest BCUT2D eigenvalue weighted by Gasteiger charge is 2.13. The molecule has 0 aliphatic heterocycles. The second-order valence-electron chi connectivity index (χ2n) is 4.19. The third-order valence-corrected chi connectivity index (χ3v) is 3.20. The predicted molar refractivity (Wildman–Crippen MR) is 77.7 cm³/mol. The Morgan fingerprint density at radius 1 is 1.21 bits per heavy atom. The van der Waals surface area contributed by atoms with Crippen LogP contribution >= 0.6 is 11.6 Å². The van der Waals surface area contributed by atoms with Crippen LogP contribution in [0.5, 0.6) is 5.75 Å². The molecule has 3 rings (SSSR count). The highest BCUT2D eigenvalue weighted by atomic mass is 35.5. The van der Waals surface area contributed by atoms with E-state index in [1.807, 2.05) is 49.4 Å². The van der Waals surface area contributed by atoms with Gasteiger partial charge >= 0.3 is 0 Å². The monoisotopic (exact) mass is 272 g/mol. The number of hydrogen-bond acceptors (Lipinski definition) is 2. The fourth-order valence-electron chi connectivity index (χ4n) is 2.14. The zero-order valence-electron chi connectivity index (χ0n) is 10.5. The van der Waals surface area contributed by atoms with Crippen molar-refractivity contribution in [2.24, 2.45) is 0 Å². The number of halogens is 1. The van der Waals surface area contributed by atoms with Gasteiger partial charge in [0.2, 0.25) is 0 Å². The van der Waals surface area contributed by atoms with Crippen molar-refractivity contribution in [2.75, 3.05) is 6.61 Å². The molecule has 0 atom stereocenters. The fraction of sp³-hybridized carbons (Fsp3) is 0.133. The Bertz CT molecular complexity index is 721. The average molecular weight is 273 g/mol. The van der Waals surface area contributed by atoms with Crippen LogP contribution in [0.1, 0.15) is 6.92 Å². The summed E-state index contributed by atoms with van der Waals surface area (Å²) in [4.78, 5) is 0. The summed E-state index contributed by atoms with van der Waals surface area (Å²) in [5, 5.41) is 9.15. The number of nitrogens with zero attached hydrogens (tertiary/aromatic N) is 1. The number of nitrogens with one attached hydrogen (secondary N) is 1. The molecule has 3 nitrogen and oxygen atoms in total. The summed E-state index contributed by atoms with van der Waals surface area (Å²) >= 11 is 6.09. The molecule has 1 N–H and O–H groups in total. The molecule has 19 heavy (non-hydrogen) atoms. The van der Waals surface area contributed by atoms with Crippen LogP contribution in [-0.2, 0) is 0 Å². The Morgan fingerprint density at radius 2 is 2.05 bits per heavy atom. The van der Waals surface area contributed by atoms with Crippen molar-refractivity contribution in [3.63, 3.8) is 0 Å². The van der Waals surface area contributed by atoms with Gasteiger partial charge in [-0.05, 0) is 31.2 Å². The highest BCUT2D eigenvalue weighted by Crippen LogP contribution is 2.35. The minimum atomic E-state index is 0.608. The number of rotatable bonds is 3. The largest absolute Gasteiger partial charge is 0.493 e. The zero-order valence-corrected chi connectivity index (χ0v) is 11.2. The molecule has 0 aliphatic rings. The van der Waals surface area contributed by atoms with E-state index in [0.29, 0.717) is 11.6 Å². The first-order valence-electron chi connectivity index (χ1n) is 6.15. The maximum Gasteiger partial charge on any atom is 0.128 e. The summed E-state index contributed by atoms with van der Waals surface area (Å²) in [7, 11) is 0. The summed E-state index contributed by atoms with van der Waals surface area (Å²) < 4.78 is 5.65. The quantitative estimate of drug-likeness (QED) is 0.773. The molecule has 0 spiro atoms. The van der Waals surface area contributed by atoms with E-state index in [0.717, 1.165) is 27.9 Å². The second-order valence-corrected chi connectivity index (χ2v) is 4.63. The molecule has 96 valence electrons. The van der Waals surface area contributed by atoms with Crippen LogP contribution in [0.4, 0.5) is 0 Å². The van der Waals surface area contributed by atoms with Crippen LogP contribution < -0.4 is 4.74 Å². The lowest BCUT2D eigenvalue weighted by molar-refractivity contribution is 0.341. The lowest BCUT2D eigenvalue weighted by Crippen LogP contribution is -1.94. The predicted octanol–water partition coefficient (Wildman–Crippen LogP) is 4.28. The fourth-order valence-corrected chi connectivity index (χ4v) is 2.31. The smallest absolute Gasteiger partial charge is 0.128 e. The topological polar surface area (TPSA) is 37.9 Å². The number of fused-ring (bicyclic) bond motifs is 1. The number of para-hydroxylation sites is 1. The van der Waals surface area contributed by atoms with Crippen LogP contribution in [0.25, 0.3) is 22.2 Å². The molecule has 0 fully saturated rings. The van der Waals surface area contributed by atoms with Crippen molar-refractivity contribution in [3.05, 3.63) is 47.5 Å². The van der Waals surface area contributed by atoms with Crippen molar-refractivity contribution < 1.29 is 4.74 Å². The number of aromatic amines is 1. The molecule has 0 saturated carbocycles. The zero-order chi connectivity index (χ0) is 13.2. The molecular formula is C15H13ClN2O. The lowest BCUT2D eigenvalue weighted by Gasteiger charge is -2.09. The van der Waals surface area contributed by atoms with E-state index < -0.39 is 0 Å². The Labute approximate surface area is 116 Å². The van der Waals surface area contributed by atoms with Crippen molar-refractivity contribution in [1.82, 2.24) is 10.2 Å². The maximum atomic E-state index is 6.09. The lowest BCUT2D eigenvalue weighted by atomic mass is 10.1. The Kier molecular flexibility index (Phi) is 3.13. The minimum absolute atomic E-state index is 0.608. The maximum absolute atomic E-state index is 6.09. The molecule has 1 heterocycles. The molecule has 4 heteroatoms. The molecule has 3 aromatic rings. The van der Waals surface area contributed by atoms with E-state index in [1.54, 1.807) is 0 Å². The van der Waals surface area contributed by atoms with Gasteiger partial charge in [-0.3, -0.25) is 5.10 Å². The molecule has 0 saturated heterocycles. The summed E-state index contributed by atoms with van der Waals surface area (Å²) in [5.41, 5.74) is 2.77. The summed E-state index contributed by atoms with van der Waals surface area (Å²) in [5.74, 6) is 0.796. The molecule has 0 unspecified atom stereocenters. The minimum Gasteiger partial charge on any atom is -0.493 e. The summed E-state index contributed by atoms with van der Waals surface area (Å²) in [6, 6.07) is 13.6. The normalized spacial score (nSPS) is 10.8. The standard InChI is InChI=1S/C15H13ClN2O/c1-2-19-14-8-7-10(16)9-12(14)15-11-5-3-4-6-13(11)17-18-15/h3-9H,2H2,1H3,(H,17,18). The van der Waals surface area contributed by atoms with Crippen molar-refractivity contribution in [1.29, 1.82) is 0 Å². The first kappa shape index (κ1) is 12.1. The molecule has 0 bridgehead atoms. The van der Waals surface area contributed by atoms with Crippen LogP contribution in [0.3, 0.4) is 0 Å². The van der Waals surface area contributed by atoms with Gasteiger partial charge in [-0.15, -0.1) is 0 Å². The van der Waals surface area contributed by atoms with Crippen LogP contribution in [0.15, 0.2) is 42.5 Å². The Balaban J connectivity index is 2.23. The third kappa shape index (κ3) is 2.17. The van der Waals surface area contributed by atoms with Crippen molar-refractivity contribution >= 4 is 22.5 Å². The van der Waals surface area contributed by atoms with E-state index in [9.17, 15) is 0 Å². The number of benzene rings is 2. The van der Waals surface area contributed by atoms with Gasteiger partial charge < -0.3 is 4.74 Å². The molecular weight excluding hydrogens is 260 g/mol. The van der Waals surface area contributed by atoms with Crippen LogP contribution in [0.2, 0.25) is 5.02 Å². The van der Waals surface area contributed by atoms with Crippen molar-refractivity contribution in [3.8, 4) is 17.0 Å². The second kappa shape index (κ2) is 4.94. The van der Waals surface area contributed by atoms with Gasteiger partial charge in [0.25, 0.3) is 0 Å². The van der Waals surface area contributed by atoms with Gasteiger partial charge in [0, 0.05) is 16.0 Å². The number of hydrogen-bond donors (Lipinski definition) is 1. The molecule has 2 aromatic carbocycles. The first-order valence-corrected chi connectivity index (χ1v) is 6.53. The van der Waals surface area contributed by atoms with Crippen LogP contribution in [-0.4, -0.2) is 16.8 Å². The van der Waals surface area contributed by atoms with E-state index in [1.165, 1.54) is 0 Å². The van der Waals surface area contributed by atoms with Gasteiger partial charge in [0.1, 0.15) is 11.4 Å². The molecule has 0 amide bonds. The average Bonchev–Trinajstić information content (AvgIpc) is 2.85. The van der Waals surface area contributed by atoms with E-state index >= 15 is 0 Å². The van der Waals surface area contributed by atoms with E-state index in [2.05, 4.69) is 10.2 Å². The Morgan fingerprint density at radius 3 is 2.89 bits per heavy atom. The first-order chi connectivity index (χ1) is 9.29. The highest BCUT2D eigenvalue weighted by molar-refractivity contribution is 6.31. The Hall–Kier alpha value is -2.00. The van der Waals surface area contributed by atoms with Gasteiger partial charge in [-0.2, -0.15) is 5.10 Å². The van der Waals surface area contributed by atoms with Gasteiger partial charge in [-0.25, -0.2) is 0 Å². The van der Waals surface area contributed by atoms with Gasteiger partial charge in [0.05, 0.1) is 12.1 Å². The number of aromatic nitrogens is 2. The van der Waals surface area contributed by atoms with Gasteiger partial charge in [-0.1, -0.05) is 29.8 Å². The molecule has 0 aliphatic carbocycles. The van der Waals surface area contributed by atoms with Gasteiger partial charge in [0.15, 0.2) is 0 Å². The van der Waals surface area contributed by atoms with E-state index in [4.69, 9.17) is 16.3 Å². The summed E-state index contributed by atoms with van der Waals surface area (Å²) in [6.45, 7) is 2.57. The summed E-state index contributed by atoms with van der Waals surface area (Å²) in [6.07, 6.45) is 0. The van der Waals surface area contributed by atoms with Crippen LogP contribution in [0, 0.1) is 0 Å². The van der Waals surface area contributed by atoms with Crippen molar-refractivity contribution in [2.45, 2.75) is 6.92 Å².